The number of nitrogens with one attached hydrogen (secondary N) is 1. The van der Waals surface area contributed by atoms with Crippen LogP contribution in [0.5, 0.6) is 0 Å². The Hall–Kier alpha value is -2.02. The number of esters is 1. The molecule has 0 aliphatic heterocycles. The van der Waals surface area contributed by atoms with E-state index in [9.17, 15) is 13.6 Å². The van der Waals surface area contributed by atoms with Gasteiger partial charge in [-0.15, -0.1) is 0 Å². The van der Waals surface area contributed by atoms with Crippen molar-refractivity contribution in [3.05, 3.63) is 36.3 Å². The average molecular weight is 601 g/mol. The highest BCUT2D eigenvalue weighted by Crippen LogP contribution is 2.41. The Morgan fingerprint density at radius 1 is 1.29 bits per heavy atom. The van der Waals surface area contributed by atoms with Crippen molar-refractivity contribution in [2.45, 2.75) is 58.4 Å². The topological polar surface area (TPSA) is 81.9 Å². The largest absolute Gasteiger partial charge is 0.466 e. The zero-order valence-electron chi connectivity index (χ0n) is 19.0. The monoisotopic (exact) mass is 601 g/mol. The molecule has 1 aliphatic rings. The molecule has 0 radical (unpaired) electrons. The third-order valence-corrected chi connectivity index (χ3v) is 8.16. The summed E-state index contributed by atoms with van der Waals surface area (Å²) in [6.45, 7) is 4.18. The molecule has 0 aromatic carbocycles. The highest BCUT2D eigenvalue weighted by Gasteiger charge is 2.38. The van der Waals surface area contributed by atoms with Crippen LogP contribution in [-0.2, 0) is 9.53 Å². The third-order valence-electron chi connectivity index (χ3n) is 6.46. The minimum Gasteiger partial charge on any atom is -0.466 e. The molecule has 1 N–H and O–H groups in total. The molecule has 0 bridgehead atoms. The van der Waals surface area contributed by atoms with Gasteiger partial charge < -0.3 is 10.1 Å². The molecule has 1 saturated carbocycles. The van der Waals surface area contributed by atoms with Crippen LogP contribution in [0.1, 0.15) is 52.4 Å². The van der Waals surface area contributed by atoms with Gasteiger partial charge in [0.2, 0.25) is 0 Å². The number of halogens is 3. The predicted octanol–water partition coefficient (Wildman–Crippen LogP) is 6.32. The molecular formula is C23H26F2IN5O2S. The molecule has 0 saturated heterocycles. The van der Waals surface area contributed by atoms with Crippen LogP contribution in [0.15, 0.2) is 24.7 Å². The smallest absolute Gasteiger partial charge is 0.307 e. The van der Waals surface area contributed by atoms with Gasteiger partial charge in [-0.3, -0.25) is 8.77 Å². The highest BCUT2D eigenvalue weighted by molar-refractivity contribution is 14.2. The van der Waals surface area contributed by atoms with Crippen LogP contribution >= 0.6 is 30.3 Å². The lowest BCUT2D eigenvalue weighted by atomic mass is 9.69. The van der Waals surface area contributed by atoms with Gasteiger partial charge in [-0.05, 0) is 31.2 Å². The molecule has 11 heteroatoms. The summed E-state index contributed by atoms with van der Waals surface area (Å²) in [7, 11) is 1.37. The molecule has 1 fully saturated rings. The SMILES string of the molecule is CCOC(=O)CC(Nc1nc(-c2cn(SI)c3ncc(F)cc23)ncc1F)C1(C)CCCCC1. The Morgan fingerprint density at radius 3 is 2.76 bits per heavy atom. The van der Waals surface area contributed by atoms with Gasteiger partial charge in [0.1, 0.15) is 5.82 Å². The normalized spacial score (nSPS) is 16.4. The lowest BCUT2D eigenvalue weighted by Gasteiger charge is -2.41. The van der Waals surface area contributed by atoms with Crippen LogP contribution in [0, 0.1) is 17.0 Å². The zero-order valence-corrected chi connectivity index (χ0v) is 22.0. The van der Waals surface area contributed by atoms with Crippen LogP contribution < -0.4 is 5.32 Å². The van der Waals surface area contributed by atoms with Crippen molar-refractivity contribution < 1.29 is 18.3 Å². The number of hydrogen-bond donors (Lipinski definition) is 1. The van der Waals surface area contributed by atoms with Crippen molar-refractivity contribution in [1.82, 2.24) is 18.9 Å². The molecule has 34 heavy (non-hydrogen) atoms. The summed E-state index contributed by atoms with van der Waals surface area (Å²) in [5.41, 5.74) is 0.900. The van der Waals surface area contributed by atoms with E-state index in [0.29, 0.717) is 16.6 Å². The standard InChI is InChI=1S/C23H26F2IN5O2S/c1-3-33-19(32)10-18(23(2)7-5-4-6-8-23)29-21-17(25)12-27-20(30-21)16-13-31(34-26)22-15(16)9-14(24)11-28-22/h9,11-13,18H,3-8,10H2,1-2H3,(H,27,29,30). The first-order valence-corrected chi connectivity index (χ1v) is 14.6. The van der Waals surface area contributed by atoms with Gasteiger partial charge in [0.25, 0.3) is 0 Å². The molecule has 1 atom stereocenters. The molecule has 7 nitrogen and oxygen atoms in total. The lowest BCUT2D eigenvalue weighted by molar-refractivity contribution is -0.144. The molecule has 182 valence electrons. The lowest BCUT2D eigenvalue weighted by Crippen LogP contribution is -2.42. The van der Waals surface area contributed by atoms with Gasteiger partial charge in [0.15, 0.2) is 23.1 Å². The van der Waals surface area contributed by atoms with Gasteiger partial charge in [-0.25, -0.2) is 23.7 Å². The van der Waals surface area contributed by atoms with E-state index in [-0.39, 0.29) is 42.1 Å². The Labute approximate surface area is 213 Å². The number of rotatable bonds is 8. The number of pyridine rings is 1. The summed E-state index contributed by atoms with van der Waals surface area (Å²) < 4.78 is 35.8. The number of ether oxygens (including phenoxy) is 1. The van der Waals surface area contributed by atoms with E-state index in [1.807, 2.05) is 0 Å². The van der Waals surface area contributed by atoms with Crippen LogP contribution in [0.2, 0.25) is 0 Å². The van der Waals surface area contributed by atoms with Crippen molar-refractivity contribution in [3.63, 3.8) is 0 Å². The van der Waals surface area contributed by atoms with Gasteiger partial charge in [0.05, 0.1) is 25.4 Å². The Morgan fingerprint density at radius 2 is 2.06 bits per heavy atom. The van der Waals surface area contributed by atoms with Gasteiger partial charge in [0, 0.05) is 53.5 Å². The van der Waals surface area contributed by atoms with Gasteiger partial charge in [-0.1, -0.05) is 26.2 Å². The maximum absolute atomic E-state index is 14.9. The van der Waals surface area contributed by atoms with E-state index in [1.54, 1.807) is 17.1 Å². The number of nitrogens with zero attached hydrogens (tertiary/aromatic N) is 4. The number of anilines is 1. The van der Waals surface area contributed by atoms with Crippen LogP contribution in [-0.4, -0.2) is 37.5 Å². The van der Waals surface area contributed by atoms with Crippen LogP contribution in [0.4, 0.5) is 14.6 Å². The highest BCUT2D eigenvalue weighted by atomic mass is 127. The summed E-state index contributed by atoms with van der Waals surface area (Å²) >= 11 is 2.10. The first-order chi connectivity index (χ1) is 16.3. The van der Waals surface area contributed by atoms with E-state index >= 15 is 0 Å². The fraction of sp³-hybridized carbons (Fsp3) is 0.478. The van der Waals surface area contributed by atoms with Crippen molar-refractivity contribution in [2.75, 3.05) is 11.9 Å². The average Bonchev–Trinajstić information content (AvgIpc) is 3.18. The summed E-state index contributed by atoms with van der Waals surface area (Å²) in [5.74, 6) is -1.17. The predicted molar refractivity (Wildman–Crippen MR) is 138 cm³/mol. The molecule has 0 spiro atoms. The minimum atomic E-state index is -0.617. The Balaban J connectivity index is 1.71. The molecule has 1 unspecified atom stereocenters. The third kappa shape index (κ3) is 5.29. The summed E-state index contributed by atoms with van der Waals surface area (Å²) in [6, 6.07) is 1.02. The second-order valence-electron chi connectivity index (χ2n) is 8.77. The first kappa shape index (κ1) is 25.1. The van der Waals surface area contributed by atoms with E-state index < -0.39 is 11.6 Å². The van der Waals surface area contributed by atoms with Gasteiger partial charge >= 0.3 is 5.97 Å². The number of fused-ring (bicyclic) bond motifs is 1. The molecule has 3 heterocycles. The fourth-order valence-corrected chi connectivity index (χ4v) is 5.87. The van der Waals surface area contributed by atoms with Crippen LogP contribution in [0.25, 0.3) is 22.4 Å². The maximum atomic E-state index is 14.9. The second kappa shape index (κ2) is 10.7. The molecule has 0 amide bonds. The van der Waals surface area contributed by atoms with Crippen LogP contribution in [0.3, 0.4) is 0 Å². The molecular weight excluding hydrogens is 575 g/mol. The quantitative estimate of drug-likeness (QED) is 0.239. The van der Waals surface area contributed by atoms with Crippen molar-refractivity contribution >= 4 is 53.1 Å². The van der Waals surface area contributed by atoms with E-state index in [4.69, 9.17) is 4.74 Å². The maximum Gasteiger partial charge on any atom is 0.307 e. The number of carbonyl (C=O) groups is 1. The second-order valence-corrected chi connectivity index (χ2v) is 10.5. The first-order valence-electron chi connectivity index (χ1n) is 11.3. The molecule has 4 rings (SSSR count). The minimum absolute atomic E-state index is 0.0125. The Bertz CT molecular complexity index is 1190. The fourth-order valence-electron chi connectivity index (χ4n) is 4.61. The number of aromatic nitrogens is 4. The number of carbonyl (C=O) groups excluding carboxylic acids is 1. The molecule has 1 aliphatic carbocycles. The van der Waals surface area contributed by atoms with Crippen molar-refractivity contribution in [1.29, 1.82) is 0 Å². The summed E-state index contributed by atoms with van der Waals surface area (Å²) in [4.78, 5) is 25.2. The summed E-state index contributed by atoms with van der Waals surface area (Å²) in [5, 5.41) is 3.74. The summed E-state index contributed by atoms with van der Waals surface area (Å²) in [6.07, 6.45) is 9.23. The molecule has 3 aromatic rings. The van der Waals surface area contributed by atoms with Crippen molar-refractivity contribution in [2.24, 2.45) is 5.41 Å². The van der Waals surface area contributed by atoms with E-state index in [1.165, 1.54) is 15.2 Å². The zero-order chi connectivity index (χ0) is 24.3. The molecule has 3 aromatic heterocycles. The van der Waals surface area contributed by atoms with Gasteiger partial charge in [-0.2, -0.15) is 0 Å². The number of hydrogen-bond acceptors (Lipinski definition) is 7. The Kier molecular flexibility index (Phi) is 7.90. The van der Waals surface area contributed by atoms with E-state index in [0.717, 1.165) is 44.5 Å². The van der Waals surface area contributed by atoms with Crippen molar-refractivity contribution in [3.8, 4) is 11.4 Å². The van der Waals surface area contributed by atoms with E-state index in [2.05, 4.69) is 48.4 Å².